The van der Waals surface area contributed by atoms with Gasteiger partial charge in [-0.15, -0.1) is 0 Å². The van der Waals surface area contributed by atoms with Crippen molar-refractivity contribution in [2.45, 2.75) is 51.4 Å². The molecular weight excluding hydrogens is 502 g/mol. The average Bonchev–Trinajstić information content (AvgIpc) is 3.02. The summed E-state index contributed by atoms with van der Waals surface area (Å²) < 4.78 is 12.0. The molecule has 0 saturated carbocycles. The molecule has 40 heavy (non-hydrogen) atoms. The molecule has 0 aliphatic carbocycles. The summed E-state index contributed by atoms with van der Waals surface area (Å²) in [4.78, 5) is 20.6. The second-order valence-corrected chi connectivity index (χ2v) is 10.6. The lowest BCUT2D eigenvalue weighted by molar-refractivity contribution is -0.186. The number of rotatable bonds is 11. The summed E-state index contributed by atoms with van der Waals surface area (Å²) in [5, 5.41) is 5.76. The van der Waals surface area contributed by atoms with Crippen molar-refractivity contribution < 1.29 is 19.1 Å². The molecule has 0 bridgehead atoms. The molecule has 7 nitrogen and oxygen atoms in total. The Bertz CT molecular complexity index is 1260. The van der Waals surface area contributed by atoms with Gasteiger partial charge in [0.15, 0.2) is 6.29 Å². The van der Waals surface area contributed by atoms with Gasteiger partial charge in [0, 0.05) is 36.6 Å². The van der Waals surface area contributed by atoms with E-state index in [0.29, 0.717) is 24.8 Å². The fourth-order valence-electron chi connectivity index (χ4n) is 5.51. The van der Waals surface area contributed by atoms with Crippen LogP contribution in [-0.2, 0) is 9.57 Å². The maximum absolute atomic E-state index is 12.6. The van der Waals surface area contributed by atoms with Crippen molar-refractivity contribution in [2.24, 2.45) is 0 Å². The highest BCUT2D eigenvalue weighted by Gasteiger charge is 2.21. The SMILES string of the molecule is CCN(C/C(=C\c1ccc(C(=O)NOC2CCCCO2)cc1)COc1cccc2ccccc12)C1CCNCC1. The van der Waals surface area contributed by atoms with Gasteiger partial charge in [-0.05, 0) is 80.0 Å². The Morgan fingerprint density at radius 2 is 1.82 bits per heavy atom. The van der Waals surface area contributed by atoms with Gasteiger partial charge in [0.05, 0.1) is 0 Å². The predicted octanol–water partition coefficient (Wildman–Crippen LogP) is 5.56. The van der Waals surface area contributed by atoms with Crippen molar-refractivity contribution >= 4 is 22.8 Å². The first-order chi connectivity index (χ1) is 19.7. The first-order valence-corrected chi connectivity index (χ1v) is 14.6. The third-order valence-electron chi connectivity index (χ3n) is 7.76. The second kappa shape index (κ2) is 14.4. The molecule has 1 amide bonds. The normalized spacial score (nSPS) is 18.6. The molecule has 1 atom stereocenters. The summed E-state index contributed by atoms with van der Waals surface area (Å²) in [5.74, 6) is 0.621. The molecule has 2 aliphatic rings. The third kappa shape index (κ3) is 7.70. The van der Waals surface area contributed by atoms with Crippen LogP contribution in [0.15, 0.2) is 72.3 Å². The second-order valence-electron chi connectivity index (χ2n) is 10.6. The van der Waals surface area contributed by atoms with Crippen molar-refractivity contribution in [3.05, 3.63) is 83.4 Å². The molecular formula is C33H41N3O4. The topological polar surface area (TPSA) is 72.1 Å². The number of hydrogen-bond acceptors (Lipinski definition) is 6. The summed E-state index contributed by atoms with van der Waals surface area (Å²) in [7, 11) is 0. The summed E-state index contributed by atoms with van der Waals surface area (Å²) >= 11 is 0. The van der Waals surface area contributed by atoms with Gasteiger partial charge in [-0.25, -0.2) is 10.3 Å². The first-order valence-electron chi connectivity index (χ1n) is 14.6. The number of carbonyl (C=O) groups excluding carboxylic acids is 1. The Labute approximate surface area is 237 Å². The zero-order valence-corrected chi connectivity index (χ0v) is 23.4. The molecule has 3 aromatic carbocycles. The minimum atomic E-state index is -0.370. The van der Waals surface area contributed by atoms with Gasteiger partial charge in [0.25, 0.3) is 5.91 Å². The molecule has 7 heteroatoms. The first kappa shape index (κ1) is 28.3. The van der Waals surface area contributed by atoms with Gasteiger partial charge in [0.2, 0.25) is 0 Å². The number of nitrogens with one attached hydrogen (secondary N) is 2. The highest BCUT2D eigenvalue weighted by molar-refractivity contribution is 5.93. The minimum Gasteiger partial charge on any atom is -0.489 e. The number of nitrogens with zero attached hydrogens (tertiary/aromatic N) is 1. The number of likely N-dealkylation sites (N-methyl/N-ethyl adjacent to an activating group) is 1. The summed E-state index contributed by atoms with van der Waals surface area (Å²) in [6.45, 7) is 7.34. The lowest BCUT2D eigenvalue weighted by atomic mass is 10.0. The molecule has 212 valence electrons. The zero-order chi connectivity index (χ0) is 27.6. The molecule has 2 saturated heterocycles. The predicted molar refractivity (Wildman–Crippen MR) is 159 cm³/mol. The Hall–Kier alpha value is -3.23. The van der Waals surface area contributed by atoms with Crippen molar-refractivity contribution in [3.8, 4) is 5.75 Å². The fraction of sp³-hybridized carbons (Fsp3) is 0.424. The summed E-state index contributed by atoms with van der Waals surface area (Å²) in [6.07, 6.45) is 7.01. The van der Waals surface area contributed by atoms with Gasteiger partial charge in [-0.1, -0.05) is 61.5 Å². The van der Waals surface area contributed by atoms with E-state index >= 15 is 0 Å². The monoisotopic (exact) mass is 543 g/mol. The van der Waals surface area contributed by atoms with E-state index in [1.54, 1.807) is 0 Å². The van der Waals surface area contributed by atoms with Crippen LogP contribution in [0.2, 0.25) is 0 Å². The van der Waals surface area contributed by atoms with Gasteiger partial charge in [-0.2, -0.15) is 0 Å². The lowest BCUT2D eigenvalue weighted by Crippen LogP contribution is -2.44. The maximum atomic E-state index is 12.6. The van der Waals surface area contributed by atoms with Gasteiger partial charge >= 0.3 is 0 Å². The van der Waals surface area contributed by atoms with Crippen LogP contribution >= 0.6 is 0 Å². The molecule has 5 rings (SSSR count). The van der Waals surface area contributed by atoms with Crippen molar-refractivity contribution in [3.63, 3.8) is 0 Å². The van der Waals surface area contributed by atoms with E-state index in [2.05, 4.69) is 53.0 Å². The van der Waals surface area contributed by atoms with Crippen molar-refractivity contribution in [2.75, 3.05) is 39.4 Å². The number of benzene rings is 3. The van der Waals surface area contributed by atoms with Crippen LogP contribution in [0.5, 0.6) is 5.75 Å². The molecule has 2 fully saturated rings. The number of fused-ring (bicyclic) bond motifs is 1. The highest BCUT2D eigenvalue weighted by atomic mass is 16.8. The fourth-order valence-corrected chi connectivity index (χ4v) is 5.51. The smallest absolute Gasteiger partial charge is 0.274 e. The Morgan fingerprint density at radius 1 is 1.02 bits per heavy atom. The highest BCUT2D eigenvalue weighted by Crippen LogP contribution is 2.26. The van der Waals surface area contributed by atoms with Gasteiger partial charge in [0.1, 0.15) is 12.4 Å². The molecule has 0 aromatic heterocycles. The van der Waals surface area contributed by atoms with E-state index in [0.717, 1.165) is 75.0 Å². The Morgan fingerprint density at radius 3 is 2.60 bits per heavy atom. The van der Waals surface area contributed by atoms with E-state index in [1.807, 2.05) is 42.5 Å². The number of carbonyl (C=O) groups is 1. The molecule has 2 aliphatic heterocycles. The Balaban J connectivity index is 1.30. The van der Waals surface area contributed by atoms with E-state index in [1.165, 1.54) is 11.0 Å². The number of amides is 1. The van der Waals surface area contributed by atoms with E-state index < -0.39 is 0 Å². The van der Waals surface area contributed by atoms with Crippen LogP contribution in [0, 0.1) is 0 Å². The summed E-state index contributed by atoms with van der Waals surface area (Å²) in [5.41, 5.74) is 5.32. The number of hydroxylamine groups is 1. The van der Waals surface area contributed by atoms with Crippen LogP contribution in [-0.4, -0.2) is 62.5 Å². The zero-order valence-electron chi connectivity index (χ0n) is 23.4. The van der Waals surface area contributed by atoms with Crippen LogP contribution < -0.4 is 15.5 Å². The van der Waals surface area contributed by atoms with E-state index in [4.69, 9.17) is 14.3 Å². The molecule has 3 aromatic rings. The summed E-state index contributed by atoms with van der Waals surface area (Å²) in [6, 6.07) is 22.7. The van der Waals surface area contributed by atoms with E-state index in [9.17, 15) is 4.79 Å². The minimum absolute atomic E-state index is 0.271. The molecule has 0 radical (unpaired) electrons. The molecule has 0 spiro atoms. The maximum Gasteiger partial charge on any atom is 0.274 e. The number of hydrogen-bond donors (Lipinski definition) is 2. The van der Waals surface area contributed by atoms with Crippen LogP contribution in [0.4, 0.5) is 0 Å². The third-order valence-corrected chi connectivity index (χ3v) is 7.76. The van der Waals surface area contributed by atoms with Gasteiger partial charge in [-0.3, -0.25) is 9.69 Å². The Kier molecular flexibility index (Phi) is 10.2. The molecule has 2 N–H and O–H groups in total. The number of ether oxygens (including phenoxy) is 2. The van der Waals surface area contributed by atoms with Crippen LogP contribution in [0.25, 0.3) is 16.8 Å². The molecule has 2 heterocycles. The average molecular weight is 544 g/mol. The van der Waals surface area contributed by atoms with Crippen LogP contribution in [0.1, 0.15) is 54.9 Å². The largest absolute Gasteiger partial charge is 0.489 e. The molecule has 1 unspecified atom stereocenters. The quantitative estimate of drug-likeness (QED) is 0.309. The van der Waals surface area contributed by atoms with Crippen molar-refractivity contribution in [1.29, 1.82) is 0 Å². The standard InChI is InChI=1S/C33H41N3O4/c1-2-36(29-17-19-34-20-18-29)23-26(24-39-31-11-7-9-27-8-3-4-10-30(27)31)22-25-13-15-28(16-14-25)33(37)35-40-32-12-5-6-21-38-32/h3-4,7-11,13-16,22,29,32,34H,2,5-6,12,17-21,23-24H2,1H3,(H,35,37)/b26-22+. The van der Waals surface area contributed by atoms with Crippen molar-refractivity contribution in [1.82, 2.24) is 15.7 Å². The van der Waals surface area contributed by atoms with Gasteiger partial charge < -0.3 is 14.8 Å². The number of piperidine rings is 1. The van der Waals surface area contributed by atoms with Crippen LogP contribution in [0.3, 0.4) is 0 Å². The lowest BCUT2D eigenvalue weighted by Gasteiger charge is -2.34. The van der Waals surface area contributed by atoms with E-state index in [-0.39, 0.29) is 12.2 Å².